The molecule has 0 radical (unpaired) electrons. The lowest BCUT2D eigenvalue weighted by molar-refractivity contribution is 0.344. The van der Waals surface area contributed by atoms with Gasteiger partial charge in [0, 0.05) is 28.5 Å². The Bertz CT molecular complexity index is 852. The van der Waals surface area contributed by atoms with Gasteiger partial charge in [-0.15, -0.1) is 0 Å². The molecule has 0 atom stereocenters. The number of rotatable bonds is 7. The largest absolute Gasteiger partial charge is 0.481 e. The lowest BCUT2D eigenvalue weighted by Crippen LogP contribution is -2.04. The summed E-state index contributed by atoms with van der Waals surface area (Å²) < 4.78 is 17.1. The third-order valence-electron chi connectivity index (χ3n) is 3.44. The average molecular weight is 417 g/mol. The van der Waals surface area contributed by atoms with Crippen molar-refractivity contribution in [1.29, 1.82) is 0 Å². The summed E-state index contributed by atoms with van der Waals surface area (Å²) in [5.41, 5.74) is 1.85. The summed E-state index contributed by atoms with van der Waals surface area (Å²) in [6.45, 7) is 0.534. The number of nitrogens with zero attached hydrogens (tertiary/aromatic N) is 3. The molecule has 8 heteroatoms. The monoisotopic (exact) mass is 416 g/mol. The van der Waals surface area contributed by atoms with Crippen LogP contribution in [0.3, 0.4) is 0 Å². The van der Waals surface area contributed by atoms with Crippen molar-refractivity contribution in [2.24, 2.45) is 0 Å². The van der Waals surface area contributed by atoms with Crippen LogP contribution in [0.2, 0.25) is 0 Å². The van der Waals surface area contributed by atoms with Gasteiger partial charge in [-0.05, 0) is 30.3 Å². The Morgan fingerprint density at radius 3 is 2.35 bits per heavy atom. The minimum Gasteiger partial charge on any atom is -0.481 e. The van der Waals surface area contributed by atoms with Gasteiger partial charge in [0.15, 0.2) is 0 Å². The quantitative estimate of drug-likeness (QED) is 0.621. The molecule has 2 heterocycles. The number of halogens is 1. The van der Waals surface area contributed by atoms with Crippen molar-refractivity contribution in [1.82, 2.24) is 15.0 Å². The Morgan fingerprint density at radius 1 is 1.00 bits per heavy atom. The normalized spacial score (nSPS) is 10.3. The van der Waals surface area contributed by atoms with E-state index in [4.69, 9.17) is 14.2 Å². The van der Waals surface area contributed by atoms with E-state index in [0.29, 0.717) is 24.2 Å². The molecule has 3 aromatic rings. The number of nitrogens with one attached hydrogen (secondary N) is 1. The number of aromatic nitrogens is 3. The Balaban J connectivity index is 1.77. The maximum Gasteiger partial charge on any atom is 0.330 e. The number of methoxy groups -OCH3 is 2. The van der Waals surface area contributed by atoms with Gasteiger partial charge in [0.1, 0.15) is 0 Å². The van der Waals surface area contributed by atoms with E-state index < -0.39 is 0 Å². The number of pyridine rings is 1. The van der Waals surface area contributed by atoms with Crippen molar-refractivity contribution in [3.63, 3.8) is 0 Å². The zero-order chi connectivity index (χ0) is 18.4. The van der Waals surface area contributed by atoms with Crippen molar-refractivity contribution in [2.75, 3.05) is 19.5 Å². The first kappa shape index (κ1) is 17.9. The van der Waals surface area contributed by atoms with Crippen molar-refractivity contribution < 1.29 is 14.2 Å². The fourth-order valence-electron chi connectivity index (χ4n) is 2.14. The van der Waals surface area contributed by atoms with Crippen LogP contribution in [-0.4, -0.2) is 29.2 Å². The van der Waals surface area contributed by atoms with Gasteiger partial charge in [0.05, 0.1) is 20.3 Å². The summed E-state index contributed by atoms with van der Waals surface area (Å²) in [7, 11) is 3.03. The van der Waals surface area contributed by atoms with Crippen LogP contribution >= 0.6 is 15.9 Å². The van der Waals surface area contributed by atoms with E-state index >= 15 is 0 Å². The number of ether oxygens (including phenoxy) is 3. The Kier molecular flexibility index (Phi) is 5.85. The molecule has 0 unspecified atom stereocenters. The molecule has 0 spiro atoms. The topological polar surface area (TPSA) is 78.4 Å². The number of hydrogen-bond donors (Lipinski definition) is 1. The van der Waals surface area contributed by atoms with Gasteiger partial charge in [-0.3, -0.25) is 0 Å². The van der Waals surface area contributed by atoms with Crippen LogP contribution in [0.1, 0.15) is 5.56 Å². The van der Waals surface area contributed by atoms with E-state index in [-0.39, 0.29) is 6.01 Å². The minimum atomic E-state index is 0.102. The smallest absolute Gasteiger partial charge is 0.330 e. The molecule has 0 fully saturated rings. The Morgan fingerprint density at radius 2 is 1.69 bits per heavy atom. The van der Waals surface area contributed by atoms with Crippen molar-refractivity contribution in [3.8, 4) is 23.7 Å². The van der Waals surface area contributed by atoms with Gasteiger partial charge in [-0.1, -0.05) is 22.0 Å². The summed E-state index contributed by atoms with van der Waals surface area (Å²) in [6, 6.07) is 13.3. The molecule has 1 aromatic carbocycles. The number of benzene rings is 1. The van der Waals surface area contributed by atoms with Gasteiger partial charge in [-0.2, -0.15) is 9.97 Å². The van der Waals surface area contributed by atoms with Crippen molar-refractivity contribution in [3.05, 3.63) is 58.7 Å². The molecule has 0 aliphatic rings. The molecular weight excluding hydrogens is 400 g/mol. The third-order valence-corrected chi connectivity index (χ3v) is 3.97. The maximum atomic E-state index is 5.76. The second-order valence-electron chi connectivity index (χ2n) is 5.17. The van der Waals surface area contributed by atoms with Crippen LogP contribution in [0.5, 0.6) is 23.7 Å². The van der Waals surface area contributed by atoms with Crippen LogP contribution in [0.15, 0.2) is 53.1 Å². The fourth-order valence-corrected chi connectivity index (χ4v) is 2.40. The first-order valence-corrected chi connectivity index (χ1v) is 8.55. The molecule has 26 heavy (non-hydrogen) atoms. The summed E-state index contributed by atoms with van der Waals surface area (Å²) in [5, 5.41) is 3.33. The lowest BCUT2D eigenvalue weighted by Gasteiger charge is -2.11. The van der Waals surface area contributed by atoms with E-state index in [1.54, 1.807) is 12.3 Å². The van der Waals surface area contributed by atoms with E-state index in [1.165, 1.54) is 14.2 Å². The van der Waals surface area contributed by atoms with E-state index in [9.17, 15) is 0 Å². The molecule has 2 aromatic heterocycles. The fraction of sp³-hybridized carbons (Fsp3) is 0.167. The van der Waals surface area contributed by atoms with Gasteiger partial charge in [0.2, 0.25) is 17.6 Å². The number of anilines is 1. The highest BCUT2D eigenvalue weighted by Crippen LogP contribution is 2.25. The molecule has 0 amide bonds. The minimum absolute atomic E-state index is 0.102. The molecule has 7 nitrogen and oxygen atoms in total. The van der Waals surface area contributed by atoms with E-state index in [0.717, 1.165) is 15.7 Å². The SMILES string of the molecule is COc1cc(OC)nc(Oc2ncccc2CNc2ccc(Br)cc2)n1. The lowest BCUT2D eigenvalue weighted by atomic mass is 10.2. The van der Waals surface area contributed by atoms with Gasteiger partial charge in [-0.25, -0.2) is 4.98 Å². The molecule has 0 bridgehead atoms. The number of hydrogen-bond acceptors (Lipinski definition) is 7. The van der Waals surface area contributed by atoms with Crippen LogP contribution in [0, 0.1) is 0 Å². The zero-order valence-corrected chi connectivity index (χ0v) is 15.9. The van der Waals surface area contributed by atoms with Crippen LogP contribution in [0.4, 0.5) is 5.69 Å². The summed E-state index contributed by atoms with van der Waals surface area (Å²) >= 11 is 3.42. The molecule has 0 saturated heterocycles. The highest BCUT2D eigenvalue weighted by Gasteiger charge is 2.11. The molecule has 1 N–H and O–H groups in total. The van der Waals surface area contributed by atoms with E-state index in [2.05, 4.69) is 36.2 Å². The predicted octanol–water partition coefficient (Wildman–Crippen LogP) is 4.06. The molecule has 0 saturated carbocycles. The molecule has 0 aliphatic carbocycles. The highest BCUT2D eigenvalue weighted by atomic mass is 79.9. The first-order chi connectivity index (χ1) is 12.7. The van der Waals surface area contributed by atoms with Crippen molar-refractivity contribution in [2.45, 2.75) is 6.54 Å². The molecule has 3 rings (SSSR count). The highest BCUT2D eigenvalue weighted by molar-refractivity contribution is 9.10. The van der Waals surface area contributed by atoms with Crippen LogP contribution in [-0.2, 0) is 6.54 Å². The summed E-state index contributed by atoms with van der Waals surface area (Å²) in [5.74, 6) is 1.10. The van der Waals surface area contributed by atoms with Gasteiger partial charge in [0.25, 0.3) is 0 Å². The molecule has 0 aliphatic heterocycles. The van der Waals surface area contributed by atoms with Gasteiger partial charge < -0.3 is 19.5 Å². The second-order valence-corrected chi connectivity index (χ2v) is 6.08. The van der Waals surface area contributed by atoms with Gasteiger partial charge >= 0.3 is 6.01 Å². The third kappa shape index (κ3) is 4.60. The Labute approximate surface area is 159 Å². The van der Waals surface area contributed by atoms with Crippen LogP contribution < -0.4 is 19.5 Å². The Hall–Kier alpha value is -2.87. The second kappa shape index (κ2) is 8.48. The van der Waals surface area contributed by atoms with Crippen LogP contribution in [0.25, 0.3) is 0 Å². The standard InChI is InChI=1S/C18H17BrN4O3/c1-24-15-10-16(25-2)23-18(22-15)26-17-12(4-3-9-20-17)11-21-14-7-5-13(19)6-8-14/h3-10,21H,11H2,1-2H3. The van der Waals surface area contributed by atoms with E-state index in [1.807, 2.05) is 36.4 Å². The first-order valence-electron chi connectivity index (χ1n) is 7.76. The van der Waals surface area contributed by atoms with Crippen molar-refractivity contribution >= 4 is 21.6 Å². The molecule has 134 valence electrons. The average Bonchev–Trinajstić information content (AvgIpc) is 2.68. The predicted molar refractivity (Wildman–Crippen MR) is 101 cm³/mol. The zero-order valence-electron chi connectivity index (χ0n) is 14.3. The molecular formula is C18H17BrN4O3. The maximum absolute atomic E-state index is 5.76. The summed E-state index contributed by atoms with van der Waals surface area (Å²) in [4.78, 5) is 12.6. The summed E-state index contributed by atoms with van der Waals surface area (Å²) in [6.07, 6.45) is 1.65.